The molecule has 1 amide bonds. The van der Waals surface area contributed by atoms with Gasteiger partial charge >= 0.3 is 0 Å². The normalized spacial score (nSPS) is 10.5. The van der Waals surface area contributed by atoms with Gasteiger partial charge in [0.25, 0.3) is 11.7 Å². The van der Waals surface area contributed by atoms with E-state index in [-0.39, 0.29) is 22.4 Å². The fourth-order valence-corrected chi connectivity index (χ4v) is 2.32. The summed E-state index contributed by atoms with van der Waals surface area (Å²) in [7, 11) is 0. The minimum atomic E-state index is -2.63. The molecular weight excluding hydrogens is 310 g/mol. The standard InChI is InChI=1S/C15H14F2N2O2S/c1-2-21-11-7-5-10(6-8-11)19-13(20)12-4-3-9-18-14(12)22-15(16)17/h3-9,15H,2H2,1H3,(H,19,20). The maximum atomic E-state index is 12.5. The molecule has 0 fully saturated rings. The van der Waals surface area contributed by atoms with Gasteiger partial charge in [-0.25, -0.2) is 4.98 Å². The summed E-state index contributed by atoms with van der Waals surface area (Å²) >= 11 is 0.248. The van der Waals surface area contributed by atoms with Crippen molar-refractivity contribution >= 4 is 23.4 Å². The number of hydrogen-bond acceptors (Lipinski definition) is 4. The van der Waals surface area contributed by atoms with E-state index in [1.165, 1.54) is 18.3 Å². The lowest BCUT2D eigenvalue weighted by Crippen LogP contribution is -2.13. The van der Waals surface area contributed by atoms with Crippen molar-refractivity contribution in [2.75, 3.05) is 11.9 Å². The number of hydrogen-bond donors (Lipinski definition) is 1. The molecule has 22 heavy (non-hydrogen) atoms. The zero-order valence-corrected chi connectivity index (χ0v) is 12.6. The van der Waals surface area contributed by atoms with Crippen LogP contribution in [0.5, 0.6) is 5.75 Å². The fraction of sp³-hybridized carbons (Fsp3) is 0.200. The highest BCUT2D eigenvalue weighted by Crippen LogP contribution is 2.27. The van der Waals surface area contributed by atoms with E-state index in [9.17, 15) is 13.6 Å². The van der Waals surface area contributed by atoms with Gasteiger partial charge in [0.1, 0.15) is 10.8 Å². The number of pyridine rings is 1. The van der Waals surface area contributed by atoms with Crippen LogP contribution in [0.4, 0.5) is 14.5 Å². The predicted molar refractivity (Wildman–Crippen MR) is 81.7 cm³/mol. The molecule has 0 unspecified atom stereocenters. The maximum Gasteiger partial charge on any atom is 0.290 e. The number of rotatable bonds is 6. The third-order valence-corrected chi connectivity index (χ3v) is 3.37. The van der Waals surface area contributed by atoms with Gasteiger partial charge in [-0.15, -0.1) is 0 Å². The van der Waals surface area contributed by atoms with Gasteiger partial charge in [0.2, 0.25) is 0 Å². The largest absolute Gasteiger partial charge is 0.494 e. The van der Waals surface area contributed by atoms with Gasteiger partial charge < -0.3 is 10.1 Å². The molecule has 0 radical (unpaired) electrons. The molecule has 1 N–H and O–H groups in total. The number of carbonyl (C=O) groups excluding carboxylic acids is 1. The van der Waals surface area contributed by atoms with Crippen LogP contribution >= 0.6 is 11.8 Å². The van der Waals surface area contributed by atoms with Crippen molar-refractivity contribution in [3.63, 3.8) is 0 Å². The van der Waals surface area contributed by atoms with E-state index in [0.29, 0.717) is 18.0 Å². The van der Waals surface area contributed by atoms with E-state index in [1.54, 1.807) is 24.3 Å². The van der Waals surface area contributed by atoms with Crippen LogP contribution in [0.1, 0.15) is 17.3 Å². The number of nitrogens with one attached hydrogen (secondary N) is 1. The number of anilines is 1. The van der Waals surface area contributed by atoms with Gasteiger partial charge in [-0.2, -0.15) is 8.78 Å². The van der Waals surface area contributed by atoms with Crippen LogP contribution in [0.25, 0.3) is 0 Å². The Morgan fingerprint density at radius 3 is 2.68 bits per heavy atom. The summed E-state index contributed by atoms with van der Waals surface area (Å²) in [5.41, 5.74) is 0.659. The zero-order chi connectivity index (χ0) is 15.9. The van der Waals surface area contributed by atoms with Crippen molar-refractivity contribution in [2.45, 2.75) is 17.7 Å². The number of aromatic nitrogens is 1. The van der Waals surface area contributed by atoms with Gasteiger partial charge in [0.15, 0.2) is 0 Å². The van der Waals surface area contributed by atoms with Crippen molar-refractivity contribution in [2.24, 2.45) is 0 Å². The fourth-order valence-electron chi connectivity index (χ4n) is 1.74. The average Bonchev–Trinajstić information content (AvgIpc) is 2.49. The number of halogens is 2. The lowest BCUT2D eigenvalue weighted by Gasteiger charge is -2.09. The Balaban J connectivity index is 2.12. The molecule has 1 heterocycles. The number of amides is 1. The smallest absolute Gasteiger partial charge is 0.290 e. The number of ether oxygens (including phenoxy) is 1. The van der Waals surface area contributed by atoms with Crippen molar-refractivity contribution in [1.29, 1.82) is 0 Å². The van der Waals surface area contributed by atoms with Gasteiger partial charge in [-0.05, 0) is 55.1 Å². The molecule has 0 saturated heterocycles. The molecule has 2 rings (SSSR count). The first-order chi connectivity index (χ1) is 10.6. The molecule has 0 atom stereocenters. The first-order valence-electron chi connectivity index (χ1n) is 6.54. The van der Waals surface area contributed by atoms with E-state index in [4.69, 9.17) is 4.74 Å². The molecular formula is C15H14F2N2O2S. The number of nitrogens with zero attached hydrogens (tertiary/aromatic N) is 1. The number of carbonyl (C=O) groups is 1. The summed E-state index contributed by atoms with van der Waals surface area (Å²) < 4.78 is 30.3. The molecule has 116 valence electrons. The summed E-state index contributed by atoms with van der Waals surface area (Å²) in [5, 5.41) is 2.65. The van der Waals surface area contributed by atoms with Crippen LogP contribution in [0, 0.1) is 0 Å². The third kappa shape index (κ3) is 4.42. The van der Waals surface area contributed by atoms with Gasteiger partial charge in [-0.1, -0.05) is 0 Å². The number of alkyl halides is 2. The first kappa shape index (κ1) is 16.2. The first-order valence-corrected chi connectivity index (χ1v) is 7.42. The number of thioether (sulfide) groups is 1. The molecule has 0 aliphatic rings. The predicted octanol–water partition coefficient (Wildman–Crippen LogP) is 4.05. The Labute approximate surface area is 130 Å². The highest BCUT2D eigenvalue weighted by molar-refractivity contribution is 7.99. The number of benzene rings is 1. The van der Waals surface area contributed by atoms with Crippen LogP contribution in [0.2, 0.25) is 0 Å². The van der Waals surface area contributed by atoms with Crippen molar-refractivity contribution in [3.05, 3.63) is 48.2 Å². The molecule has 0 saturated carbocycles. The van der Waals surface area contributed by atoms with Crippen LogP contribution in [-0.2, 0) is 0 Å². The molecule has 0 spiro atoms. The molecule has 0 bridgehead atoms. The lowest BCUT2D eigenvalue weighted by molar-refractivity contribution is 0.102. The monoisotopic (exact) mass is 324 g/mol. The van der Waals surface area contributed by atoms with Crippen LogP contribution in [0.15, 0.2) is 47.6 Å². The zero-order valence-electron chi connectivity index (χ0n) is 11.8. The van der Waals surface area contributed by atoms with Gasteiger partial charge in [0, 0.05) is 11.9 Å². The summed E-state index contributed by atoms with van der Waals surface area (Å²) in [6.45, 7) is 2.43. The SMILES string of the molecule is CCOc1ccc(NC(=O)c2cccnc2SC(F)F)cc1. The van der Waals surface area contributed by atoms with Crippen LogP contribution in [-0.4, -0.2) is 23.3 Å². The van der Waals surface area contributed by atoms with Crippen molar-refractivity contribution in [1.82, 2.24) is 4.98 Å². The van der Waals surface area contributed by atoms with E-state index < -0.39 is 11.7 Å². The topological polar surface area (TPSA) is 51.2 Å². The Morgan fingerprint density at radius 2 is 2.05 bits per heavy atom. The Kier molecular flexibility index (Phi) is 5.71. The van der Waals surface area contributed by atoms with Crippen molar-refractivity contribution < 1.29 is 18.3 Å². The Hall–Kier alpha value is -2.15. The highest BCUT2D eigenvalue weighted by Gasteiger charge is 2.16. The second-order valence-corrected chi connectivity index (χ2v) is 5.12. The minimum Gasteiger partial charge on any atom is -0.494 e. The highest BCUT2D eigenvalue weighted by atomic mass is 32.2. The van der Waals surface area contributed by atoms with Crippen LogP contribution in [0.3, 0.4) is 0 Å². The third-order valence-electron chi connectivity index (χ3n) is 2.64. The summed E-state index contributed by atoms with van der Waals surface area (Å²) in [6, 6.07) is 9.79. The van der Waals surface area contributed by atoms with Crippen LogP contribution < -0.4 is 10.1 Å². The maximum absolute atomic E-state index is 12.5. The van der Waals surface area contributed by atoms with E-state index in [2.05, 4.69) is 10.3 Å². The summed E-state index contributed by atoms with van der Waals surface area (Å²) in [6.07, 6.45) is 1.37. The molecule has 1 aromatic heterocycles. The van der Waals surface area contributed by atoms with Gasteiger partial charge in [0.05, 0.1) is 12.2 Å². The summed E-state index contributed by atoms with van der Waals surface area (Å²) in [4.78, 5) is 16.0. The molecule has 1 aromatic carbocycles. The van der Waals surface area contributed by atoms with Crippen molar-refractivity contribution in [3.8, 4) is 5.75 Å². The van der Waals surface area contributed by atoms with Gasteiger partial charge in [-0.3, -0.25) is 4.79 Å². The molecule has 2 aromatic rings. The van der Waals surface area contributed by atoms with E-state index in [0.717, 1.165) is 0 Å². The summed E-state index contributed by atoms with van der Waals surface area (Å²) in [5.74, 6) is -2.43. The second-order valence-electron chi connectivity index (χ2n) is 4.15. The Bertz CT molecular complexity index is 636. The lowest BCUT2D eigenvalue weighted by atomic mass is 10.2. The van der Waals surface area contributed by atoms with E-state index >= 15 is 0 Å². The molecule has 7 heteroatoms. The molecule has 4 nitrogen and oxygen atoms in total. The minimum absolute atomic E-state index is 0.000867. The molecule has 0 aliphatic carbocycles. The van der Waals surface area contributed by atoms with E-state index in [1.807, 2.05) is 6.92 Å². The second kappa shape index (κ2) is 7.74. The Morgan fingerprint density at radius 1 is 1.32 bits per heavy atom. The quantitative estimate of drug-likeness (QED) is 0.815. The average molecular weight is 324 g/mol. The molecule has 0 aliphatic heterocycles.